The molecule has 1 heterocycles. The molecular formula is C15H14N4O. The summed E-state index contributed by atoms with van der Waals surface area (Å²) in [6, 6.07) is 14.3. The lowest BCUT2D eigenvalue weighted by Gasteiger charge is -2.07. The topological polar surface area (TPSA) is 73.8 Å². The lowest BCUT2D eigenvalue weighted by Crippen LogP contribution is -2.13. The van der Waals surface area contributed by atoms with Crippen molar-refractivity contribution in [1.29, 1.82) is 0 Å². The fourth-order valence-corrected chi connectivity index (χ4v) is 2.33. The number of carbonyl (C=O) groups excluding carboxylic acids is 1. The largest absolute Gasteiger partial charge is 0.364 e. The normalized spacial score (nSPS) is 10.8. The molecule has 0 radical (unpaired) electrons. The van der Waals surface area contributed by atoms with Gasteiger partial charge in [0.2, 0.25) is 0 Å². The molecule has 1 aromatic heterocycles. The van der Waals surface area contributed by atoms with Crippen molar-refractivity contribution in [2.75, 3.05) is 0 Å². The van der Waals surface area contributed by atoms with Gasteiger partial charge in [-0.15, -0.1) is 5.10 Å². The van der Waals surface area contributed by atoms with Crippen molar-refractivity contribution in [2.45, 2.75) is 13.5 Å². The van der Waals surface area contributed by atoms with Gasteiger partial charge in [0.1, 0.15) is 0 Å². The fourth-order valence-electron chi connectivity index (χ4n) is 2.33. The van der Waals surface area contributed by atoms with Crippen molar-refractivity contribution < 1.29 is 4.79 Å². The summed E-state index contributed by atoms with van der Waals surface area (Å²) in [7, 11) is 0. The van der Waals surface area contributed by atoms with Crippen molar-refractivity contribution in [3.05, 3.63) is 59.4 Å². The Hall–Kier alpha value is -2.69. The molecule has 0 unspecified atom stereocenters. The van der Waals surface area contributed by atoms with E-state index in [9.17, 15) is 4.79 Å². The minimum Gasteiger partial charge on any atom is -0.364 e. The number of hydrogen-bond donors (Lipinski definition) is 1. The number of nitrogens with zero attached hydrogens (tertiary/aromatic N) is 3. The van der Waals surface area contributed by atoms with Gasteiger partial charge >= 0.3 is 0 Å². The van der Waals surface area contributed by atoms with Crippen molar-refractivity contribution in [3.8, 4) is 0 Å². The molecule has 0 aliphatic carbocycles. The first-order valence-corrected chi connectivity index (χ1v) is 6.33. The Morgan fingerprint density at radius 2 is 1.95 bits per heavy atom. The van der Waals surface area contributed by atoms with Crippen LogP contribution in [-0.4, -0.2) is 20.9 Å². The summed E-state index contributed by atoms with van der Waals surface area (Å²) in [5.74, 6) is -0.549. The van der Waals surface area contributed by atoms with Gasteiger partial charge in [0.15, 0.2) is 5.69 Å². The molecule has 5 nitrogen and oxygen atoms in total. The number of primary amides is 1. The van der Waals surface area contributed by atoms with Crippen LogP contribution < -0.4 is 5.73 Å². The van der Waals surface area contributed by atoms with E-state index in [1.54, 1.807) is 11.6 Å². The van der Waals surface area contributed by atoms with E-state index >= 15 is 0 Å². The van der Waals surface area contributed by atoms with Crippen LogP contribution in [0.15, 0.2) is 42.5 Å². The number of carbonyl (C=O) groups is 1. The average Bonchev–Trinajstić information content (AvgIpc) is 2.81. The SMILES string of the molecule is Cc1c(C(N)=O)nnn1Cc1cccc2ccccc12. The van der Waals surface area contributed by atoms with E-state index in [1.165, 1.54) is 10.8 Å². The Kier molecular flexibility index (Phi) is 2.95. The zero-order chi connectivity index (χ0) is 14.1. The zero-order valence-electron chi connectivity index (χ0n) is 11.1. The number of fused-ring (bicyclic) bond motifs is 1. The van der Waals surface area contributed by atoms with Crippen LogP contribution in [0.4, 0.5) is 0 Å². The lowest BCUT2D eigenvalue weighted by atomic mass is 10.0. The van der Waals surface area contributed by atoms with Gasteiger partial charge in [-0.1, -0.05) is 47.7 Å². The minimum atomic E-state index is -0.549. The van der Waals surface area contributed by atoms with Crippen LogP contribution in [0.2, 0.25) is 0 Å². The number of benzene rings is 2. The van der Waals surface area contributed by atoms with Crippen LogP contribution in [0.1, 0.15) is 21.7 Å². The molecule has 2 N–H and O–H groups in total. The maximum atomic E-state index is 11.2. The van der Waals surface area contributed by atoms with Crippen LogP contribution >= 0.6 is 0 Å². The van der Waals surface area contributed by atoms with Crippen LogP contribution in [0.25, 0.3) is 10.8 Å². The molecule has 0 spiro atoms. The number of nitrogens with two attached hydrogens (primary N) is 1. The first kappa shape index (κ1) is 12.3. The number of amides is 1. The molecule has 0 aliphatic rings. The highest BCUT2D eigenvalue weighted by atomic mass is 16.1. The summed E-state index contributed by atoms with van der Waals surface area (Å²) < 4.78 is 1.70. The van der Waals surface area contributed by atoms with Gasteiger partial charge in [0, 0.05) is 0 Å². The molecular weight excluding hydrogens is 252 g/mol. The van der Waals surface area contributed by atoms with Crippen molar-refractivity contribution in [3.63, 3.8) is 0 Å². The van der Waals surface area contributed by atoms with Crippen LogP contribution in [0.5, 0.6) is 0 Å². The highest BCUT2D eigenvalue weighted by Gasteiger charge is 2.13. The van der Waals surface area contributed by atoms with E-state index in [2.05, 4.69) is 28.5 Å². The Bertz CT molecular complexity index is 786. The van der Waals surface area contributed by atoms with Gasteiger partial charge in [-0.2, -0.15) is 0 Å². The van der Waals surface area contributed by atoms with Crippen molar-refractivity contribution in [2.24, 2.45) is 5.73 Å². The van der Waals surface area contributed by atoms with E-state index in [0.29, 0.717) is 12.2 Å². The average molecular weight is 266 g/mol. The number of rotatable bonds is 3. The minimum absolute atomic E-state index is 0.227. The molecule has 20 heavy (non-hydrogen) atoms. The van der Waals surface area contributed by atoms with E-state index in [-0.39, 0.29) is 5.69 Å². The Morgan fingerprint density at radius 1 is 1.20 bits per heavy atom. The summed E-state index contributed by atoms with van der Waals surface area (Å²) >= 11 is 0. The zero-order valence-corrected chi connectivity index (χ0v) is 11.1. The highest BCUT2D eigenvalue weighted by molar-refractivity contribution is 5.91. The summed E-state index contributed by atoms with van der Waals surface area (Å²) in [5.41, 5.74) is 7.30. The van der Waals surface area contributed by atoms with E-state index in [0.717, 1.165) is 5.56 Å². The van der Waals surface area contributed by atoms with Gasteiger partial charge < -0.3 is 5.73 Å². The first-order valence-electron chi connectivity index (χ1n) is 6.33. The Morgan fingerprint density at radius 3 is 2.70 bits per heavy atom. The van der Waals surface area contributed by atoms with Gasteiger partial charge in [-0.25, -0.2) is 4.68 Å². The van der Waals surface area contributed by atoms with Gasteiger partial charge in [-0.05, 0) is 23.3 Å². The van der Waals surface area contributed by atoms with E-state index in [4.69, 9.17) is 5.73 Å². The Balaban J connectivity index is 2.04. The monoisotopic (exact) mass is 266 g/mol. The van der Waals surface area contributed by atoms with Crippen LogP contribution in [-0.2, 0) is 6.54 Å². The van der Waals surface area contributed by atoms with Crippen LogP contribution in [0, 0.1) is 6.92 Å². The molecule has 0 saturated carbocycles. The van der Waals surface area contributed by atoms with Crippen molar-refractivity contribution in [1.82, 2.24) is 15.0 Å². The Labute approximate surface area is 116 Å². The van der Waals surface area contributed by atoms with Gasteiger partial charge in [0.05, 0.1) is 12.2 Å². The molecule has 100 valence electrons. The molecule has 5 heteroatoms. The molecule has 0 atom stereocenters. The summed E-state index contributed by atoms with van der Waals surface area (Å²) in [4.78, 5) is 11.2. The molecule has 0 bridgehead atoms. The predicted molar refractivity (Wildman–Crippen MR) is 76.3 cm³/mol. The first-order chi connectivity index (χ1) is 9.66. The summed E-state index contributed by atoms with van der Waals surface area (Å²) in [6.45, 7) is 2.36. The van der Waals surface area contributed by atoms with Crippen LogP contribution in [0.3, 0.4) is 0 Å². The smallest absolute Gasteiger partial charge is 0.271 e. The summed E-state index contributed by atoms with van der Waals surface area (Å²) in [6.07, 6.45) is 0. The lowest BCUT2D eigenvalue weighted by molar-refractivity contribution is 0.0995. The molecule has 2 aromatic carbocycles. The molecule has 0 fully saturated rings. The molecule has 3 aromatic rings. The standard InChI is InChI=1S/C15H14N4O/c1-10-14(15(16)20)17-18-19(10)9-12-7-4-6-11-5-2-3-8-13(11)12/h2-8H,9H2,1H3,(H2,16,20). The third-order valence-electron chi connectivity index (χ3n) is 3.42. The van der Waals surface area contributed by atoms with E-state index < -0.39 is 5.91 Å². The number of hydrogen-bond acceptors (Lipinski definition) is 3. The predicted octanol–water partition coefficient (Wildman–Crippen LogP) is 1.89. The second-order valence-corrected chi connectivity index (χ2v) is 4.68. The third-order valence-corrected chi connectivity index (χ3v) is 3.42. The number of aromatic nitrogens is 3. The molecule has 3 rings (SSSR count). The fraction of sp³-hybridized carbons (Fsp3) is 0.133. The van der Waals surface area contributed by atoms with Crippen molar-refractivity contribution >= 4 is 16.7 Å². The van der Waals surface area contributed by atoms with Gasteiger partial charge in [0.25, 0.3) is 5.91 Å². The summed E-state index contributed by atoms with van der Waals surface area (Å²) in [5, 5.41) is 10.2. The third kappa shape index (κ3) is 2.03. The van der Waals surface area contributed by atoms with Gasteiger partial charge in [-0.3, -0.25) is 4.79 Å². The highest BCUT2D eigenvalue weighted by Crippen LogP contribution is 2.19. The quantitative estimate of drug-likeness (QED) is 0.786. The maximum absolute atomic E-state index is 11.2. The van der Waals surface area contributed by atoms with E-state index in [1.807, 2.05) is 24.3 Å². The second-order valence-electron chi connectivity index (χ2n) is 4.68. The second kappa shape index (κ2) is 4.77. The molecule has 0 saturated heterocycles. The maximum Gasteiger partial charge on any atom is 0.271 e. The molecule has 0 aliphatic heterocycles. The molecule has 1 amide bonds.